The van der Waals surface area contributed by atoms with E-state index in [1.165, 1.54) is 6.07 Å². The molecular formula is C17H17BrFN3O. The maximum Gasteiger partial charge on any atom is 0.237 e. The Kier molecular flexibility index (Phi) is 3.09. The molecule has 1 aromatic heterocycles. The van der Waals surface area contributed by atoms with Gasteiger partial charge in [-0.05, 0) is 48.9 Å². The van der Waals surface area contributed by atoms with Gasteiger partial charge in [0, 0.05) is 30.1 Å². The van der Waals surface area contributed by atoms with E-state index in [1.54, 1.807) is 24.2 Å². The molecule has 0 bridgehead atoms. The Morgan fingerprint density at radius 1 is 1.39 bits per heavy atom. The van der Waals surface area contributed by atoms with Crippen molar-refractivity contribution >= 4 is 38.4 Å². The SMILES string of the molecule is CN1C(=O)C2(CC(N(C)C)C2)c2c1cnc1cc(F)c(Br)cc21. The van der Waals surface area contributed by atoms with Gasteiger partial charge in [0.05, 0.1) is 27.3 Å². The Morgan fingerprint density at radius 3 is 2.74 bits per heavy atom. The Labute approximate surface area is 142 Å². The molecule has 4 nitrogen and oxygen atoms in total. The second kappa shape index (κ2) is 4.74. The maximum absolute atomic E-state index is 13.8. The predicted molar refractivity (Wildman–Crippen MR) is 91.2 cm³/mol. The van der Waals surface area contributed by atoms with Crippen LogP contribution in [0, 0.1) is 5.82 Å². The van der Waals surface area contributed by atoms with E-state index in [-0.39, 0.29) is 11.7 Å². The molecule has 0 N–H and O–H groups in total. The van der Waals surface area contributed by atoms with Gasteiger partial charge in [0.25, 0.3) is 0 Å². The number of halogens is 2. The fourth-order valence-corrected chi connectivity index (χ4v) is 4.30. The number of nitrogens with zero attached hydrogens (tertiary/aromatic N) is 3. The molecule has 23 heavy (non-hydrogen) atoms. The van der Waals surface area contributed by atoms with E-state index in [9.17, 15) is 9.18 Å². The molecule has 0 radical (unpaired) electrons. The van der Waals surface area contributed by atoms with Crippen LogP contribution in [0.5, 0.6) is 0 Å². The molecular weight excluding hydrogens is 361 g/mol. The summed E-state index contributed by atoms with van der Waals surface area (Å²) < 4.78 is 14.2. The van der Waals surface area contributed by atoms with Gasteiger partial charge in [-0.25, -0.2) is 4.39 Å². The summed E-state index contributed by atoms with van der Waals surface area (Å²) in [5, 5.41) is 0.866. The molecule has 4 rings (SSSR count). The number of amides is 1. The molecule has 1 aromatic carbocycles. The number of likely N-dealkylation sites (N-methyl/N-ethyl adjacent to an activating group) is 1. The fraction of sp³-hybridized carbons (Fsp3) is 0.412. The van der Waals surface area contributed by atoms with Crippen LogP contribution in [0.25, 0.3) is 10.9 Å². The molecule has 1 fully saturated rings. The van der Waals surface area contributed by atoms with Crippen molar-refractivity contribution in [2.75, 3.05) is 26.0 Å². The summed E-state index contributed by atoms with van der Waals surface area (Å²) in [5.41, 5.74) is 1.96. The number of rotatable bonds is 1. The lowest BCUT2D eigenvalue weighted by Gasteiger charge is -2.47. The van der Waals surface area contributed by atoms with Crippen molar-refractivity contribution in [3.63, 3.8) is 0 Å². The van der Waals surface area contributed by atoms with Gasteiger partial charge in [-0.2, -0.15) is 0 Å². The van der Waals surface area contributed by atoms with E-state index in [1.807, 2.05) is 14.1 Å². The zero-order chi connectivity index (χ0) is 16.5. The average Bonchev–Trinajstić information content (AvgIpc) is 2.68. The van der Waals surface area contributed by atoms with Crippen LogP contribution in [0.1, 0.15) is 18.4 Å². The van der Waals surface area contributed by atoms with Gasteiger partial charge >= 0.3 is 0 Å². The summed E-state index contributed by atoms with van der Waals surface area (Å²) in [6, 6.07) is 3.58. The number of fused-ring (bicyclic) bond motifs is 4. The Balaban J connectivity index is 1.96. The molecule has 1 aliphatic carbocycles. The number of anilines is 1. The van der Waals surface area contributed by atoms with Crippen molar-refractivity contribution in [2.45, 2.75) is 24.3 Å². The summed E-state index contributed by atoms with van der Waals surface area (Å²) in [7, 11) is 5.88. The Morgan fingerprint density at radius 2 is 2.09 bits per heavy atom. The van der Waals surface area contributed by atoms with Crippen molar-refractivity contribution < 1.29 is 9.18 Å². The van der Waals surface area contributed by atoms with E-state index in [2.05, 4.69) is 25.8 Å². The molecule has 0 saturated heterocycles. The number of hydrogen-bond acceptors (Lipinski definition) is 3. The zero-order valence-electron chi connectivity index (χ0n) is 13.2. The van der Waals surface area contributed by atoms with Gasteiger partial charge in [-0.15, -0.1) is 0 Å². The van der Waals surface area contributed by atoms with Gasteiger partial charge in [0.15, 0.2) is 0 Å². The lowest BCUT2D eigenvalue weighted by molar-refractivity contribution is -0.127. The van der Waals surface area contributed by atoms with Gasteiger partial charge in [-0.1, -0.05) is 0 Å². The van der Waals surface area contributed by atoms with Crippen LogP contribution in [0.2, 0.25) is 0 Å². The van der Waals surface area contributed by atoms with Gasteiger partial charge in [0.2, 0.25) is 5.91 Å². The predicted octanol–water partition coefficient (Wildman–Crippen LogP) is 3.07. The molecule has 120 valence electrons. The van der Waals surface area contributed by atoms with E-state index in [0.717, 1.165) is 29.5 Å². The molecule has 2 aromatic rings. The molecule has 1 amide bonds. The quantitative estimate of drug-likeness (QED) is 0.766. The molecule has 6 heteroatoms. The number of benzene rings is 1. The Bertz CT molecular complexity index is 845. The van der Waals surface area contributed by atoms with Crippen molar-refractivity contribution in [3.05, 3.63) is 34.2 Å². The summed E-state index contributed by atoms with van der Waals surface area (Å²) >= 11 is 3.26. The first-order valence-electron chi connectivity index (χ1n) is 7.58. The summed E-state index contributed by atoms with van der Waals surface area (Å²) in [4.78, 5) is 21.1. The van der Waals surface area contributed by atoms with Crippen LogP contribution < -0.4 is 4.90 Å². The first-order chi connectivity index (χ1) is 10.8. The van der Waals surface area contributed by atoms with Crippen LogP contribution in [0.3, 0.4) is 0 Å². The monoisotopic (exact) mass is 377 g/mol. The fourth-order valence-electron chi connectivity index (χ4n) is 3.96. The second-order valence-electron chi connectivity index (χ2n) is 6.77. The van der Waals surface area contributed by atoms with Crippen LogP contribution in [-0.4, -0.2) is 43.0 Å². The number of hydrogen-bond donors (Lipinski definition) is 0. The average molecular weight is 378 g/mol. The first kappa shape index (κ1) is 15.0. The normalized spacial score (nSPS) is 26.3. The lowest BCUT2D eigenvalue weighted by Crippen LogP contribution is -2.55. The molecule has 1 saturated carbocycles. The van der Waals surface area contributed by atoms with E-state index in [4.69, 9.17) is 0 Å². The van der Waals surface area contributed by atoms with Crippen molar-refractivity contribution in [1.82, 2.24) is 9.88 Å². The second-order valence-corrected chi connectivity index (χ2v) is 7.63. The molecule has 0 atom stereocenters. The van der Waals surface area contributed by atoms with E-state index < -0.39 is 5.41 Å². The van der Waals surface area contributed by atoms with Gasteiger partial charge in [-0.3, -0.25) is 9.78 Å². The van der Waals surface area contributed by atoms with E-state index in [0.29, 0.717) is 16.0 Å². The number of aromatic nitrogens is 1. The molecule has 1 aliphatic heterocycles. The van der Waals surface area contributed by atoms with Crippen molar-refractivity contribution in [1.29, 1.82) is 0 Å². The maximum atomic E-state index is 13.8. The first-order valence-corrected chi connectivity index (χ1v) is 8.37. The topological polar surface area (TPSA) is 36.4 Å². The van der Waals surface area contributed by atoms with Crippen LogP contribution in [0.15, 0.2) is 22.8 Å². The van der Waals surface area contributed by atoms with Gasteiger partial charge in [0.1, 0.15) is 5.82 Å². The minimum Gasteiger partial charge on any atom is -0.313 e. The number of carbonyl (C=O) groups is 1. The third kappa shape index (κ3) is 1.85. The van der Waals surface area contributed by atoms with Gasteiger partial charge < -0.3 is 9.80 Å². The van der Waals surface area contributed by atoms with Crippen LogP contribution in [-0.2, 0) is 10.2 Å². The van der Waals surface area contributed by atoms with Crippen LogP contribution >= 0.6 is 15.9 Å². The number of pyridine rings is 1. The highest BCUT2D eigenvalue weighted by atomic mass is 79.9. The minimum atomic E-state index is -0.489. The highest BCUT2D eigenvalue weighted by Crippen LogP contribution is 2.56. The number of carbonyl (C=O) groups excluding carboxylic acids is 1. The molecule has 1 spiro atoms. The zero-order valence-corrected chi connectivity index (χ0v) is 14.8. The Hall–Kier alpha value is -1.53. The third-order valence-electron chi connectivity index (χ3n) is 5.34. The third-order valence-corrected chi connectivity index (χ3v) is 5.95. The lowest BCUT2D eigenvalue weighted by atomic mass is 9.61. The summed E-state index contributed by atoms with van der Waals surface area (Å²) in [5.74, 6) is -0.211. The molecule has 0 unspecified atom stereocenters. The highest BCUT2D eigenvalue weighted by molar-refractivity contribution is 9.10. The smallest absolute Gasteiger partial charge is 0.237 e. The highest BCUT2D eigenvalue weighted by Gasteiger charge is 2.58. The molecule has 2 heterocycles. The van der Waals surface area contributed by atoms with Crippen LogP contribution in [0.4, 0.5) is 10.1 Å². The van der Waals surface area contributed by atoms with E-state index >= 15 is 0 Å². The largest absolute Gasteiger partial charge is 0.313 e. The standard InChI is InChI=1S/C17H17BrFN3O/c1-21(2)9-6-17(7-9)15-10-4-11(18)12(19)5-13(10)20-8-14(15)22(3)16(17)23/h4-5,8-9H,6-7H2,1-3H3. The van der Waals surface area contributed by atoms with Crippen molar-refractivity contribution in [3.8, 4) is 0 Å². The van der Waals surface area contributed by atoms with Crippen molar-refractivity contribution in [2.24, 2.45) is 0 Å². The minimum absolute atomic E-state index is 0.125. The summed E-state index contributed by atoms with van der Waals surface area (Å²) in [6.07, 6.45) is 3.29. The summed E-state index contributed by atoms with van der Waals surface area (Å²) in [6.45, 7) is 0. The molecule has 2 aliphatic rings.